The Kier molecular flexibility index (Phi) is 4.68. The molecule has 0 aliphatic heterocycles. The van der Waals surface area contributed by atoms with Crippen molar-refractivity contribution in [2.24, 2.45) is 5.92 Å². The molecule has 0 saturated carbocycles. The number of carbonyl (C=O) groups is 1. The highest BCUT2D eigenvalue weighted by molar-refractivity contribution is 7.12. The lowest BCUT2D eigenvalue weighted by Crippen LogP contribution is -2.13. The number of thiazole rings is 1. The highest BCUT2D eigenvalue weighted by Gasteiger charge is 2.22. The Bertz CT molecular complexity index is 453. The summed E-state index contributed by atoms with van der Waals surface area (Å²) in [5, 5.41) is 9.80. The topological polar surface area (TPSA) is 50.2 Å². The summed E-state index contributed by atoms with van der Waals surface area (Å²) in [6.45, 7) is 10.6. The van der Waals surface area contributed by atoms with Gasteiger partial charge >= 0.3 is 5.97 Å². The maximum Gasteiger partial charge on any atom is 0.328 e. The summed E-state index contributed by atoms with van der Waals surface area (Å²) in [6, 6.07) is 0. The molecule has 100 valence electrons. The minimum atomic E-state index is -0.923. The first kappa shape index (κ1) is 14.9. The Balaban J connectivity index is 3.13. The molecule has 3 nitrogen and oxygen atoms in total. The molecule has 4 heteroatoms. The third kappa shape index (κ3) is 4.26. The average Bonchev–Trinajstić information content (AvgIpc) is 2.56. The van der Waals surface area contributed by atoms with Gasteiger partial charge in [0.2, 0.25) is 0 Å². The Morgan fingerprint density at radius 2 is 2.06 bits per heavy atom. The zero-order chi connectivity index (χ0) is 13.9. The van der Waals surface area contributed by atoms with Crippen LogP contribution in [0.3, 0.4) is 0 Å². The molecule has 1 aromatic rings. The normalized spacial score (nSPS) is 12.6. The lowest BCUT2D eigenvalue weighted by Gasteiger charge is -2.16. The van der Waals surface area contributed by atoms with Crippen molar-refractivity contribution in [2.75, 3.05) is 0 Å². The van der Waals surface area contributed by atoms with Crippen molar-refractivity contribution in [3.8, 4) is 0 Å². The van der Waals surface area contributed by atoms with Gasteiger partial charge in [-0.2, -0.15) is 0 Å². The van der Waals surface area contributed by atoms with E-state index in [4.69, 9.17) is 5.11 Å². The van der Waals surface area contributed by atoms with E-state index >= 15 is 0 Å². The minimum Gasteiger partial charge on any atom is -0.478 e. The minimum absolute atomic E-state index is 0.0656. The molecule has 0 aromatic carbocycles. The Morgan fingerprint density at radius 1 is 1.44 bits per heavy atom. The molecule has 1 aromatic heterocycles. The van der Waals surface area contributed by atoms with Crippen LogP contribution in [-0.2, 0) is 16.6 Å². The van der Waals surface area contributed by atoms with Crippen LogP contribution in [-0.4, -0.2) is 16.1 Å². The summed E-state index contributed by atoms with van der Waals surface area (Å²) in [7, 11) is 0. The monoisotopic (exact) mass is 267 g/mol. The van der Waals surface area contributed by atoms with Crippen LogP contribution in [0.1, 0.15) is 50.2 Å². The van der Waals surface area contributed by atoms with Crippen LogP contribution in [0, 0.1) is 5.92 Å². The molecule has 0 atom stereocenters. The smallest absolute Gasteiger partial charge is 0.328 e. The Hall–Kier alpha value is -1.16. The number of carboxylic acid groups (broad SMARTS) is 1. The van der Waals surface area contributed by atoms with Crippen LogP contribution in [0.4, 0.5) is 0 Å². The second-order valence-corrected chi connectivity index (χ2v) is 6.96. The molecular weight excluding hydrogens is 246 g/mol. The second kappa shape index (κ2) is 5.65. The summed E-state index contributed by atoms with van der Waals surface area (Å²) in [4.78, 5) is 16.2. The third-order valence-electron chi connectivity index (χ3n) is 2.37. The lowest BCUT2D eigenvalue weighted by atomic mass is 9.91. The SMILES string of the molecule is CC(C)Cc1nc(C(C)(C)C)c(/C=C/C(=O)O)s1. The predicted octanol–water partition coefficient (Wildman–Crippen LogP) is 3.74. The number of aliphatic carboxylic acids is 1. The van der Waals surface area contributed by atoms with Gasteiger partial charge in [-0.3, -0.25) is 0 Å². The fourth-order valence-corrected chi connectivity index (χ4v) is 3.00. The zero-order valence-corrected chi connectivity index (χ0v) is 12.5. The zero-order valence-electron chi connectivity index (χ0n) is 11.7. The van der Waals surface area contributed by atoms with Crippen LogP contribution in [0.2, 0.25) is 0 Å². The van der Waals surface area contributed by atoms with Crippen molar-refractivity contribution in [2.45, 2.75) is 46.5 Å². The quantitative estimate of drug-likeness (QED) is 0.845. The fraction of sp³-hybridized carbons (Fsp3) is 0.571. The van der Waals surface area contributed by atoms with Gasteiger partial charge in [0.05, 0.1) is 15.6 Å². The molecule has 1 rings (SSSR count). The molecule has 0 amide bonds. The van der Waals surface area contributed by atoms with Crippen molar-refractivity contribution in [1.82, 2.24) is 4.98 Å². The van der Waals surface area contributed by atoms with Gasteiger partial charge in [0.1, 0.15) is 0 Å². The van der Waals surface area contributed by atoms with E-state index in [2.05, 4.69) is 39.6 Å². The van der Waals surface area contributed by atoms with Crippen LogP contribution < -0.4 is 0 Å². The molecule has 0 fully saturated rings. The van der Waals surface area contributed by atoms with E-state index in [1.807, 2.05) is 0 Å². The van der Waals surface area contributed by atoms with Gasteiger partial charge < -0.3 is 5.11 Å². The van der Waals surface area contributed by atoms with Crippen molar-refractivity contribution >= 4 is 23.4 Å². The third-order valence-corrected chi connectivity index (χ3v) is 3.41. The van der Waals surface area contributed by atoms with Gasteiger partial charge in [-0.15, -0.1) is 11.3 Å². The number of hydrogen-bond acceptors (Lipinski definition) is 3. The largest absolute Gasteiger partial charge is 0.478 e. The molecule has 1 heterocycles. The maximum atomic E-state index is 10.6. The van der Waals surface area contributed by atoms with Crippen molar-refractivity contribution in [3.05, 3.63) is 21.7 Å². The van der Waals surface area contributed by atoms with Gasteiger partial charge in [0, 0.05) is 17.9 Å². The maximum absolute atomic E-state index is 10.6. The highest BCUT2D eigenvalue weighted by atomic mass is 32.1. The van der Waals surface area contributed by atoms with Crippen LogP contribution in [0.15, 0.2) is 6.08 Å². The first-order valence-corrected chi connectivity index (χ1v) is 6.93. The summed E-state index contributed by atoms with van der Waals surface area (Å²) < 4.78 is 0. The number of hydrogen-bond donors (Lipinski definition) is 1. The van der Waals surface area contributed by atoms with Crippen molar-refractivity contribution < 1.29 is 9.90 Å². The summed E-state index contributed by atoms with van der Waals surface area (Å²) in [5.74, 6) is -0.367. The van der Waals surface area contributed by atoms with Crippen LogP contribution in [0.5, 0.6) is 0 Å². The van der Waals surface area contributed by atoms with Gasteiger partial charge in [-0.25, -0.2) is 9.78 Å². The first-order chi connectivity index (χ1) is 8.20. The van der Waals surface area contributed by atoms with E-state index in [0.717, 1.165) is 22.0 Å². The average molecular weight is 267 g/mol. The van der Waals surface area contributed by atoms with E-state index < -0.39 is 5.97 Å². The molecular formula is C14H21NO2S. The molecule has 0 radical (unpaired) electrons. The molecule has 0 aliphatic carbocycles. The van der Waals surface area contributed by atoms with Gasteiger partial charge in [0.25, 0.3) is 0 Å². The van der Waals surface area contributed by atoms with E-state index in [9.17, 15) is 4.79 Å². The molecule has 0 saturated heterocycles. The van der Waals surface area contributed by atoms with Crippen LogP contribution in [0.25, 0.3) is 6.08 Å². The number of nitrogens with zero attached hydrogens (tertiary/aromatic N) is 1. The summed E-state index contributed by atoms with van der Waals surface area (Å²) >= 11 is 1.60. The number of rotatable bonds is 4. The Labute approximate surface area is 113 Å². The predicted molar refractivity (Wildman–Crippen MR) is 76.0 cm³/mol. The van der Waals surface area contributed by atoms with E-state index in [0.29, 0.717) is 5.92 Å². The van der Waals surface area contributed by atoms with E-state index in [1.54, 1.807) is 17.4 Å². The van der Waals surface area contributed by atoms with Gasteiger partial charge in [-0.1, -0.05) is 34.6 Å². The summed E-state index contributed by atoms with van der Waals surface area (Å²) in [5.41, 5.74) is 0.921. The summed E-state index contributed by atoms with van der Waals surface area (Å²) in [6.07, 6.45) is 3.78. The Morgan fingerprint density at radius 3 is 2.50 bits per heavy atom. The second-order valence-electron chi connectivity index (χ2n) is 5.84. The molecule has 0 unspecified atom stereocenters. The van der Waals surface area contributed by atoms with Crippen molar-refractivity contribution in [3.63, 3.8) is 0 Å². The molecule has 1 N–H and O–H groups in total. The first-order valence-electron chi connectivity index (χ1n) is 6.11. The molecule has 0 aliphatic rings. The molecule has 0 spiro atoms. The lowest BCUT2D eigenvalue weighted by molar-refractivity contribution is -0.131. The molecule has 18 heavy (non-hydrogen) atoms. The fourth-order valence-electron chi connectivity index (χ4n) is 1.61. The number of aromatic nitrogens is 1. The highest BCUT2D eigenvalue weighted by Crippen LogP contribution is 2.31. The molecule has 0 bridgehead atoms. The van der Waals surface area contributed by atoms with Gasteiger partial charge in [-0.05, 0) is 12.0 Å². The standard InChI is InChI=1S/C14H21NO2S/c1-9(2)8-11-15-13(14(3,4)5)10(18-11)6-7-12(16)17/h6-7,9H,8H2,1-5H3,(H,16,17)/b7-6+. The van der Waals surface area contributed by atoms with Crippen LogP contribution >= 0.6 is 11.3 Å². The van der Waals surface area contributed by atoms with E-state index in [-0.39, 0.29) is 5.41 Å². The van der Waals surface area contributed by atoms with E-state index in [1.165, 1.54) is 6.08 Å². The van der Waals surface area contributed by atoms with Crippen molar-refractivity contribution in [1.29, 1.82) is 0 Å². The van der Waals surface area contributed by atoms with Gasteiger partial charge in [0.15, 0.2) is 0 Å². The number of carboxylic acids is 1.